The fourth-order valence-electron chi connectivity index (χ4n) is 4.60. The van der Waals surface area contributed by atoms with Gasteiger partial charge in [-0.1, -0.05) is 0 Å². The molecule has 0 atom stereocenters. The summed E-state index contributed by atoms with van der Waals surface area (Å²) in [4.78, 5) is 18.8. The average Bonchev–Trinajstić information content (AvgIpc) is 3.10. The Kier molecular flexibility index (Phi) is 26.4. The number of aliphatic hydroxyl groups is 2. The molecule has 10 N–H and O–H groups in total. The number of nitrogen functional groups attached to an aromatic ring is 2. The van der Waals surface area contributed by atoms with Gasteiger partial charge >= 0.3 is 29.6 Å². The van der Waals surface area contributed by atoms with Gasteiger partial charge in [-0.25, -0.2) is 4.99 Å². The van der Waals surface area contributed by atoms with E-state index in [1.807, 2.05) is 69.0 Å². The molecule has 0 amide bonds. The normalized spacial score (nSPS) is 12.0. The summed E-state index contributed by atoms with van der Waals surface area (Å²) < 4.78 is 10.7. The summed E-state index contributed by atoms with van der Waals surface area (Å²) in [5, 5.41) is 28.8. The third-order valence-corrected chi connectivity index (χ3v) is 7.05. The molecular weight excluding hydrogens is 699 g/mol. The fraction of sp³-hybridized carbons (Fsp3) is 0.333. The zero-order valence-electron chi connectivity index (χ0n) is 30.7. The number of nitrogens with one attached hydrogen (secondary N) is 1. The second-order valence-electron chi connectivity index (χ2n) is 10.4. The van der Waals surface area contributed by atoms with E-state index in [2.05, 4.69) is 15.1 Å². The van der Waals surface area contributed by atoms with Gasteiger partial charge in [-0.15, -0.1) is 17.3 Å². The zero-order valence-corrected chi connectivity index (χ0v) is 33.5. The maximum absolute atomic E-state index is 10.2. The number of allylic oxidation sites excluding steroid dienone is 2. The molecule has 0 saturated carbocycles. The SMILES string of the molecule is CCN(CCO)c1ccc(N=O)cc1.CCOC1=CC(=Nc2ccc(N(CC)CCO)cc2)C(=N)C=C1N.CCOc1ccc(N)cc1N.Cl.[Na+].[OH-]. The molecule has 52 heavy (non-hydrogen) atoms. The number of nitrogens with zero attached hydrogens (tertiary/aromatic N) is 4. The summed E-state index contributed by atoms with van der Waals surface area (Å²) in [5.41, 5.74) is 22.6. The molecule has 3 aromatic carbocycles. The number of halogens is 1. The third-order valence-electron chi connectivity index (χ3n) is 7.05. The second kappa shape index (κ2) is 27.5. The molecule has 14 nitrogen and oxygen atoms in total. The van der Waals surface area contributed by atoms with Crippen molar-refractivity contribution in [2.75, 3.05) is 73.9 Å². The first-order valence-corrected chi connectivity index (χ1v) is 16.2. The quantitative estimate of drug-likeness (QED) is 0.0606. The van der Waals surface area contributed by atoms with E-state index in [1.54, 1.807) is 42.5 Å². The van der Waals surface area contributed by atoms with Crippen molar-refractivity contribution in [3.05, 3.63) is 95.2 Å². The summed E-state index contributed by atoms with van der Waals surface area (Å²) in [7, 11) is 0. The van der Waals surface area contributed by atoms with Crippen molar-refractivity contribution in [2.45, 2.75) is 27.7 Å². The first-order chi connectivity index (χ1) is 23.6. The van der Waals surface area contributed by atoms with E-state index < -0.39 is 0 Å². The van der Waals surface area contributed by atoms with Crippen LogP contribution in [0.3, 0.4) is 0 Å². The van der Waals surface area contributed by atoms with Crippen LogP contribution < -0.4 is 61.3 Å². The molecule has 0 aromatic heterocycles. The predicted octanol–water partition coefficient (Wildman–Crippen LogP) is 2.78. The number of hydrogen-bond donors (Lipinski definition) is 6. The minimum atomic E-state index is 0. The van der Waals surface area contributed by atoms with Crippen LogP contribution in [-0.2, 0) is 4.74 Å². The smallest absolute Gasteiger partial charge is 0.870 e. The van der Waals surface area contributed by atoms with E-state index >= 15 is 0 Å². The third kappa shape index (κ3) is 16.5. The number of aliphatic hydroxyl groups excluding tert-OH is 2. The van der Waals surface area contributed by atoms with Crippen LogP contribution in [0.5, 0.6) is 5.75 Å². The molecule has 0 aliphatic heterocycles. The molecule has 0 fully saturated rings. The van der Waals surface area contributed by atoms with Crippen molar-refractivity contribution in [3.8, 4) is 5.75 Å². The first-order valence-electron chi connectivity index (χ1n) is 16.2. The number of nitrogens with two attached hydrogens (primary N) is 3. The van der Waals surface area contributed by atoms with E-state index in [4.69, 9.17) is 42.3 Å². The van der Waals surface area contributed by atoms with E-state index in [-0.39, 0.29) is 66.4 Å². The molecular formula is C36H52ClN8NaO6. The van der Waals surface area contributed by atoms with Crippen LogP contribution in [-0.4, -0.2) is 79.7 Å². The Bertz CT molecular complexity index is 1570. The second-order valence-corrected chi connectivity index (χ2v) is 10.4. The number of hydrogen-bond acceptors (Lipinski definition) is 14. The number of anilines is 4. The van der Waals surface area contributed by atoms with Crippen LogP contribution in [0, 0.1) is 10.3 Å². The van der Waals surface area contributed by atoms with Gasteiger partial charge in [0.15, 0.2) is 0 Å². The van der Waals surface area contributed by atoms with Crippen LogP contribution in [0.4, 0.5) is 34.1 Å². The van der Waals surface area contributed by atoms with E-state index in [0.29, 0.717) is 66.3 Å². The first kappa shape index (κ1) is 50.0. The Hall–Kier alpha value is -4.15. The molecule has 1 aliphatic carbocycles. The number of nitroso groups, excluding NO2 is 1. The molecule has 4 rings (SSSR count). The van der Waals surface area contributed by atoms with Gasteiger partial charge in [0.1, 0.15) is 17.2 Å². The molecule has 0 radical (unpaired) electrons. The molecule has 0 saturated heterocycles. The van der Waals surface area contributed by atoms with Crippen molar-refractivity contribution < 1.29 is 54.7 Å². The molecule has 0 unspecified atom stereocenters. The summed E-state index contributed by atoms with van der Waals surface area (Å²) >= 11 is 0. The number of ether oxygens (including phenoxy) is 2. The van der Waals surface area contributed by atoms with E-state index in [9.17, 15) is 4.91 Å². The van der Waals surface area contributed by atoms with Crippen molar-refractivity contribution in [1.82, 2.24) is 0 Å². The van der Waals surface area contributed by atoms with Gasteiger partial charge in [0, 0.05) is 49.3 Å². The maximum Gasteiger partial charge on any atom is 1.00 e. The summed E-state index contributed by atoms with van der Waals surface area (Å²) in [6.07, 6.45) is 3.25. The average molecular weight is 751 g/mol. The van der Waals surface area contributed by atoms with E-state index in [1.165, 1.54) is 0 Å². The standard InChI is InChI=1S/C18H24N4O2.C10H14N2O2.C8H12N2O.ClH.Na.H2O/c1-3-22(9-10-23)14-7-5-13(6-8-14)21-17-12-18(24-4-2)16(20)11-15(17)19;1-2-12(7-8-13)10-5-3-9(11-14)4-6-10;1-2-11-8-4-3-6(9)5-7(8)10;;;/h5-8,11-12,19,23H,3-4,9-10,20H2,1-2H3;3-6,13H,2,7-8H2,1H3;3-5H,2,9-10H2,1H3;1H;;1H2/q;;;;+1;/p-1. The van der Waals surface area contributed by atoms with Crippen molar-refractivity contribution in [1.29, 1.82) is 5.41 Å². The monoisotopic (exact) mass is 750 g/mol. The zero-order chi connectivity index (χ0) is 36.2. The molecule has 0 spiro atoms. The minimum Gasteiger partial charge on any atom is -0.870 e. The van der Waals surface area contributed by atoms with Gasteiger partial charge in [-0.2, -0.15) is 0 Å². The van der Waals surface area contributed by atoms with Crippen LogP contribution in [0.25, 0.3) is 0 Å². The molecule has 3 aromatic rings. The summed E-state index contributed by atoms with van der Waals surface area (Å²) in [6.45, 7) is 12.1. The van der Waals surface area contributed by atoms with Gasteiger partial charge < -0.3 is 52.2 Å². The largest absolute Gasteiger partial charge is 1.00 e. The number of benzene rings is 3. The van der Waals surface area contributed by atoms with Gasteiger partial charge in [0.05, 0.1) is 54.9 Å². The Morgan fingerprint density at radius 2 is 1.25 bits per heavy atom. The Labute approximate surface area is 334 Å². The molecule has 280 valence electrons. The Morgan fingerprint density at radius 1 is 0.750 bits per heavy atom. The maximum atomic E-state index is 10.2. The minimum absolute atomic E-state index is 0. The molecule has 16 heteroatoms. The van der Waals surface area contributed by atoms with Crippen LogP contribution in [0.1, 0.15) is 27.7 Å². The molecule has 0 bridgehead atoms. The van der Waals surface area contributed by atoms with Gasteiger partial charge in [-0.05, 0) is 106 Å². The fourth-order valence-corrected chi connectivity index (χ4v) is 4.60. The molecule has 1 aliphatic rings. The summed E-state index contributed by atoms with van der Waals surface area (Å²) in [6, 6.07) is 19.9. The Morgan fingerprint density at radius 3 is 1.67 bits per heavy atom. The van der Waals surface area contributed by atoms with Crippen LogP contribution in [0.15, 0.2) is 101 Å². The number of aliphatic imine (C=N–C) groups is 1. The van der Waals surface area contributed by atoms with Crippen molar-refractivity contribution in [2.24, 2.45) is 15.9 Å². The molecule has 0 heterocycles. The summed E-state index contributed by atoms with van der Waals surface area (Å²) in [5.74, 6) is 1.24. The van der Waals surface area contributed by atoms with Gasteiger partial charge in [-0.3, -0.25) is 5.41 Å². The van der Waals surface area contributed by atoms with Crippen molar-refractivity contribution >= 4 is 58.0 Å². The van der Waals surface area contributed by atoms with Crippen LogP contribution >= 0.6 is 12.4 Å². The van der Waals surface area contributed by atoms with Crippen molar-refractivity contribution in [3.63, 3.8) is 0 Å². The predicted molar refractivity (Wildman–Crippen MR) is 211 cm³/mol. The van der Waals surface area contributed by atoms with Gasteiger partial charge in [0.2, 0.25) is 0 Å². The number of likely N-dealkylation sites (N-methyl/N-ethyl adjacent to an activating group) is 2. The Balaban J connectivity index is 0. The number of rotatable bonds is 14. The topological polar surface area (TPSA) is 239 Å². The van der Waals surface area contributed by atoms with Gasteiger partial charge in [0.25, 0.3) is 0 Å². The van der Waals surface area contributed by atoms with Crippen LogP contribution in [0.2, 0.25) is 0 Å². The van der Waals surface area contributed by atoms with E-state index in [0.717, 1.165) is 30.2 Å².